The van der Waals surface area contributed by atoms with Crippen LogP contribution >= 0.6 is 11.3 Å². The number of nitrogens with zero attached hydrogens (tertiary/aromatic N) is 2. The Kier molecular flexibility index (Phi) is 6.15. The average Bonchev–Trinajstić information content (AvgIpc) is 2.99. The Morgan fingerprint density at radius 3 is 3.04 bits per heavy atom. The number of hydrogen-bond acceptors (Lipinski definition) is 5. The third-order valence-corrected chi connectivity index (χ3v) is 6.34. The fourth-order valence-electron chi connectivity index (χ4n) is 3.99. The van der Waals surface area contributed by atoms with Gasteiger partial charge in [-0.2, -0.15) is 0 Å². The van der Waals surface area contributed by atoms with E-state index in [-0.39, 0.29) is 24.0 Å². The number of amides is 1. The number of fused-ring (bicyclic) bond motifs is 1. The molecule has 0 radical (unpaired) electrons. The minimum atomic E-state index is 0.0198. The largest absolute Gasteiger partial charge is 0.377 e. The van der Waals surface area contributed by atoms with Gasteiger partial charge in [0.2, 0.25) is 5.91 Å². The molecule has 1 amide bonds. The summed E-state index contributed by atoms with van der Waals surface area (Å²) in [4.78, 5) is 18.7. The van der Waals surface area contributed by atoms with Gasteiger partial charge in [0, 0.05) is 55.5 Å². The summed E-state index contributed by atoms with van der Waals surface area (Å²) in [5.41, 5.74) is 0.0232. The summed E-state index contributed by atoms with van der Waals surface area (Å²) in [6.07, 6.45) is 3.51. The lowest BCUT2D eigenvalue weighted by molar-refractivity contribution is -0.160. The first-order chi connectivity index (χ1) is 12.0. The lowest BCUT2D eigenvalue weighted by Gasteiger charge is -2.50. The molecule has 2 saturated heterocycles. The van der Waals surface area contributed by atoms with E-state index >= 15 is 0 Å². The van der Waals surface area contributed by atoms with Crippen molar-refractivity contribution in [3.8, 4) is 0 Å². The molecule has 0 N–H and O–H groups in total. The molecular weight excluding hydrogens is 336 g/mol. The SMILES string of the molecule is Cc1ccc(CN2CC[C@@H]3OCCC[C@]3(COCC(=O)N(C)C)C2)s1. The van der Waals surface area contributed by atoms with Gasteiger partial charge in [-0.05, 0) is 38.3 Å². The lowest BCUT2D eigenvalue weighted by atomic mass is 9.73. The second-order valence-corrected chi connectivity index (χ2v) is 8.99. The summed E-state index contributed by atoms with van der Waals surface area (Å²) >= 11 is 1.88. The normalized spacial score (nSPS) is 27.1. The highest BCUT2D eigenvalue weighted by molar-refractivity contribution is 7.11. The molecule has 1 aromatic heterocycles. The molecule has 0 unspecified atom stereocenters. The first-order valence-electron chi connectivity index (χ1n) is 9.16. The number of thiophene rings is 1. The molecule has 6 heteroatoms. The van der Waals surface area contributed by atoms with Gasteiger partial charge < -0.3 is 14.4 Å². The van der Waals surface area contributed by atoms with Crippen LogP contribution in [0.3, 0.4) is 0 Å². The molecule has 0 bridgehead atoms. The number of rotatable bonds is 6. The van der Waals surface area contributed by atoms with Crippen LogP contribution in [-0.2, 0) is 20.8 Å². The summed E-state index contributed by atoms with van der Waals surface area (Å²) < 4.78 is 12.0. The summed E-state index contributed by atoms with van der Waals surface area (Å²) in [6, 6.07) is 4.44. The maximum absolute atomic E-state index is 11.8. The minimum Gasteiger partial charge on any atom is -0.377 e. The fourth-order valence-corrected chi connectivity index (χ4v) is 4.92. The predicted octanol–water partition coefficient (Wildman–Crippen LogP) is 2.53. The zero-order valence-electron chi connectivity index (χ0n) is 15.6. The van der Waals surface area contributed by atoms with Crippen LogP contribution < -0.4 is 0 Å². The molecule has 0 aromatic carbocycles. The third-order valence-electron chi connectivity index (χ3n) is 5.36. The fraction of sp³-hybridized carbons (Fsp3) is 0.737. The number of piperidine rings is 1. The van der Waals surface area contributed by atoms with Gasteiger partial charge in [0.05, 0.1) is 12.7 Å². The molecular formula is C19H30N2O3S. The molecule has 2 atom stereocenters. The van der Waals surface area contributed by atoms with Gasteiger partial charge in [-0.25, -0.2) is 0 Å². The standard InChI is InChI=1S/C19H30N2O3S/c1-15-5-6-16(25-15)11-21-9-7-17-19(13-21,8-4-10-24-17)14-23-12-18(22)20(2)3/h5-6,17H,4,7-14H2,1-3H3/t17-,19+/m0/s1. The molecule has 25 heavy (non-hydrogen) atoms. The molecule has 2 fully saturated rings. The Morgan fingerprint density at radius 1 is 1.48 bits per heavy atom. The Morgan fingerprint density at radius 2 is 2.32 bits per heavy atom. The van der Waals surface area contributed by atoms with Crippen LogP contribution in [0, 0.1) is 12.3 Å². The van der Waals surface area contributed by atoms with Crippen LogP contribution in [0.1, 0.15) is 29.0 Å². The molecule has 0 saturated carbocycles. The second kappa shape index (κ2) is 8.16. The highest BCUT2D eigenvalue weighted by atomic mass is 32.1. The van der Waals surface area contributed by atoms with Crippen molar-refractivity contribution >= 4 is 17.2 Å². The van der Waals surface area contributed by atoms with E-state index in [0.717, 1.165) is 45.5 Å². The van der Waals surface area contributed by atoms with Crippen molar-refractivity contribution in [3.63, 3.8) is 0 Å². The smallest absolute Gasteiger partial charge is 0.248 e. The monoisotopic (exact) mass is 366 g/mol. The molecule has 5 nitrogen and oxygen atoms in total. The van der Waals surface area contributed by atoms with Crippen LogP contribution in [0.5, 0.6) is 0 Å². The van der Waals surface area contributed by atoms with Gasteiger partial charge in [-0.15, -0.1) is 11.3 Å². The summed E-state index contributed by atoms with van der Waals surface area (Å²) in [6.45, 7) is 6.84. The first-order valence-corrected chi connectivity index (χ1v) is 9.97. The number of ether oxygens (including phenoxy) is 2. The van der Waals surface area contributed by atoms with Gasteiger partial charge in [0.25, 0.3) is 0 Å². The number of likely N-dealkylation sites (N-methyl/N-ethyl adjacent to an activating group) is 1. The number of aryl methyl sites for hydroxylation is 1. The molecule has 3 rings (SSSR count). The van der Waals surface area contributed by atoms with E-state index in [1.807, 2.05) is 11.3 Å². The van der Waals surface area contributed by atoms with Crippen molar-refractivity contribution < 1.29 is 14.3 Å². The molecule has 2 aliphatic heterocycles. The van der Waals surface area contributed by atoms with Crippen LogP contribution in [0.4, 0.5) is 0 Å². The topological polar surface area (TPSA) is 42.0 Å². The van der Waals surface area contributed by atoms with Gasteiger partial charge in [-0.3, -0.25) is 9.69 Å². The average molecular weight is 367 g/mol. The highest BCUT2D eigenvalue weighted by Crippen LogP contribution is 2.41. The van der Waals surface area contributed by atoms with Crippen molar-refractivity contribution in [1.82, 2.24) is 9.80 Å². The van der Waals surface area contributed by atoms with Crippen LogP contribution in [0.15, 0.2) is 12.1 Å². The Balaban J connectivity index is 1.62. The van der Waals surface area contributed by atoms with E-state index in [2.05, 4.69) is 24.0 Å². The van der Waals surface area contributed by atoms with Gasteiger partial charge in [0.1, 0.15) is 6.61 Å². The van der Waals surface area contributed by atoms with Crippen LogP contribution in [-0.4, -0.2) is 68.8 Å². The maximum Gasteiger partial charge on any atom is 0.248 e. The molecule has 1 aromatic rings. The first kappa shape index (κ1) is 18.8. The summed E-state index contributed by atoms with van der Waals surface area (Å²) in [7, 11) is 3.53. The number of carbonyl (C=O) groups excluding carboxylic acids is 1. The highest BCUT2D eigenvalue weighted by Gasteiger charge is 2.46. The van der Waals surface area contributed by atoms with E-state index in [9.17, 15) is 4.79 Å². The Hall–Kier alpha value is -0.950. The molecule has 140 valence electrons. The van der Waals surface area contributed by atoms with Gasteiger partial charge in [-0.1, -0.05) is 0 Å². The van der Waals surface area contributed by atoms with Crippen LogP contribution in [0.25, 0.3) is 0 Å². The molecule has 0 spiro atoms. The van der Waals surface area contributed by atoms with E-state index in [4.69, 9.17) is 9.47 Å². The minimum absolute atomic E-state index is 0.0198. The number of likely N-dealkylation sites (tertiary alicyclic amines) is 1. The van der Waals surface area contributed by atoms with Crippen molar-refractivity contribution in [1.29, 1.82) is 0 Å². The van der Waals surface area contributed by atoms with Gasteiger partial charge >= 0.3 is 0 Å². The summed E-state index contributed by atoms with van der Waals surface area (Å²) in [5, 5.41) is 0. The Bertz CT molecular complexity index is 589. The van der Waals surface area contributed by atoms with E-state index in [0.29, 0.717) is 6.61 Å². The maximum atomic E-state index is 11.8. The second-order valence-electron chi connectivity index (χ2n) is 7.62. The molecule has 0 aliphatic carbocycles. The Labute approximate surface area is 154 Å². The van der Waals surface area contributed by atoms with Crippen molar-refractivity contribution in [2.45, 2.75) is 38.8 Å². The van der Waals surface area contributed by atoms with Gasteiger partial charge in [0.15, 0.2) is 0 Å². The van der Waals surface area contributed by atoms with E-state index < -0.39 is 0 Å². The lowest BCUT2D eigenvalue weighted by Crippen LogP contribution is -2.56. The molecule has 3 heterocycles. The number of hydrogen-bond donors (Lipinski definition) is 0. The third kappa shape index (κ3) is 4.61. The zero-order chi connectivity index (χ0) is 17.9. The number of carbonyl (C=O) groups is 1. The van der Waals surface area contributed by atoms with Crippen molar-refractivity contribution in [2.75, 3.05) is 47.0 Å². The predicted molar refractivity (Wildman–Crippen MR) is 99.9 cm³/mol. The molecule has 2 aliphatic rings. The quantitative estimate of drug-likeness (QED) is 0.776. The van der Waals surface area contributed by atoms with Crippen molar-refractivity contribution in [2.24, 2.45) is 5.41 Å². The van der Waals surface area contributed by atoms with E-state index in [1.165, 1.54) is 9.75 Å². The van der Waals surface area contributed by atoms with Crippen molar-refractivity contribution in [3.05, 3.63) is 21.9 Å². The summed E-state index contributed by atoms with van der Waals surface area (Å²) in [5.74, 6) is 0.0198. The van der Waals surface area contributed by atoms with Crippen LogP contribution in [0.2, 0.25) is 0 Å². The van der Waals surface area contributed by atoms with E-state index in [1.54, 1.807) is 19.0 Å². The zero-order valence-corrected chi connectivity index (χ0v) is 16.4.